The number of nitrogens with zero attached hydrogens (tertiary/aromatic N) is 1. The predicted octanol–water partition coefficient (Wildman–Crippen LogP) is 6.29. The fourth-order valence-corrected chi connectivity index (χ4v) is 5.46. The summed E-state index contributed by atoms with van der Waals surface area (Å²) in [6, 6.07) is 19.5. The van der Waals surface area contributed by atoms with Crippen molar-refractivity contribution in [1.82, 2.24) is 9.88 Å². The molecule has 180 valence electrons. The number of hydrogen-bond donors (Lipinski definition) is 1. The number of thioether (sulfide) groups is 1. The number of H-pyrrole nitrogens is 1. The van der Waals surface area contributed by atoms with Crippen LogP contribution in [0.2, 0.25) is 0 Å². The Morgan fingerprint density at radius 1 is 1.06 bits per heavy atom. The lowest BCUT2D eigenvalue weighted by Gasteiger charge is -2.37. The molecule has 1 N–H and O–H groups in total. The zero-order chi connectivity index (χ0) is 24.5. The fourth-order valence-electron chi connectivity index (χ4n) is 4.83. The van der Waals surface area contributed by atoms with Crippen molar-refractivity contribution in [3.8, 4) is 11.5 Å². The van der Waals surface area contributed by atoms with Gasteiger partial charge in [0, 0.05) is 33.6 Å². The lowest BCUT2D eigenvalue weighted by molar-refractivity contribution is 0.0686. The number of carbonyl (C=O) groups excluding carboxylic acids is 1. The molecule has 5 rings (SSSR count). The Kier molecular flexibility index (Phi) is 6.38. The van der Waals surface area contributed by atoms with Gasteiger partial charge >= 0.3 is 0 Å². The van der Waals surface area contributed by atoms with Crippen molar-refractivity contribution >= 4 is 28.6 Å². The van der Waals surface area contributed by atoms with E-state index in [1.807, 2.05) is 42.5 Å². The highest BCUT2D eigenvalue weighted by Crippen LogP contribution is 2.43. The number of hydrogen-bond acceptors (Lipinski definition) is 4. The maximum absolute atomic E-state index is 13.9. The second-order valence-electron chi connectivity index (χ2n) is 8.20. The molecule has 1 aliphatic heterocycles. The van der Waals surface area contributed by atoms with E-state index in [-0.39, 0.29) is 16.4 Å². The van der Waals surface area contributed by atoms with Gasteiger partial charge in [-0.1, -0.05) is 42.1 Å². The molecule has 8 heteroatoms. The molecule has 0 saturated heterocycles. The minimum absolute atomic E-state index is 0.262. The Labute approximate surface area is 206 Å². The average Bonchev–Trinajstić information content (AvgIpc) is 3.25. The van der Waals surface area contributed by atoms with Gasteiger partial charge < -0.3 is 19.4 Å². The number of benzene rings is 3. The molecule has 4 aromatic rings. The zero-order valence-corrected chi connectivity index (χ0v) is 20.1. The smallest absolute Gasteiger partial charge is 0.288 e. The summed E-state index contributed by atoms with van der Waals surface area (Å²) in [6.07, 6.45) is 0.615. The molecule has 0 radical (unpaired) electrons. The van der Waals surface area contributed by atoms with Crippen LogP contribution in [0.5, 0.6) is 11.5 Å². The molecule has 35 heavy (non-hydrogen) atoms. The molecule has 0 saturated carbocycles. The average molecular weight is 495 g/mol. The molecule has 1 aromatic heterocycles. The number of rotatable bonds is 6. The number of nitrogens with one attached hydrogen (secondary N) is 1. The maximum atomic E-state index is 13.9. The number of amides is 1. The molecule has 0 bridgehead atoms. The normalized spacial score (nSPS) is 15.3. The molecule has 1 atom stereocenters. The molecule has 2 heterocycles. The van der Waals surface area contributed by atoms with Crippen molar-refractivity contribution in [3.63, 3.8) is 0 Å². The molecular formula is C27H24F2N2O3S. The Morgan fingerprint density at radius 2 is 1.83 bits per heavy atom. The number of aromatic amines is 1. The van der Waals surface area contributed by atoms with Gasteiger partial charge in [0.05, 0.1) is 19.8 Å². The third-order valence-electron chi connectivity index (χ3n) is 6.36. The van der Waals surface area contributed by atoms with Gasteiger partial charge in [0.1, 0.15) is 17.5 Å². The maximum Gasteiger partial charge on any atom is 0.288 e. The van der Waals surface area contributed by atoms with Gasteiger partial charge in [-0.05, 0) is 48.4 Å². The van der Waals surface area contributed by atoms with E-state index in [4.69, 9.17) is 9.47 Å². The van der Waals surface area contributed by atoms with Crippen LogP contribution in [-0.2, 0) is 6.42 Å². The predicted molar refractivity (Wildman–Crippen MR) is 133 cm³/mol. The first-order valence-corrected chi connectivity index (χ1v) is 12.1. The van der Waals surface area contributed by atoms with Crippen molar-refractivity contribution < 1.29 is 23.0 Å². The Morgan fingerprint density at radius 3 is 2.60 bits per heavy atom. The molecule has 0 unspecified atom stereocenters. The Hall–Kier alpha value is -3.52. The summed E-state index contributed by atoms with van der Waals surface area (Å²) < 4.78 is 37.5. The summed E-state index contributed by atoms with van der Waals surface area (Å²) in [6.45, 7) is 0.423. The minimum atomic E-state index is -2.62. The van der Waals surface area contributed by atoms with Gasteiger partial charge in [0.15, 0.2) is 0 Å². The van der Waals surface area contributed by atoms with E-state index in [1.165, 1.54) is 0 Å². The minimum Gasteiger partial charge on any atom is -0.497 e. The second kappa shape index (κ2) is 9.62. The van der Waals surface area contributed by atoms with E-state index < -0.39 is 11.8 Å². The SMILES string of the molecule is COc1ccc2[nH]c3c(c2c1)CCN(C(=O)c1ccccc1SC(F)F)[C@H]3c1ccccc1OC. The fraction of sp³-hybridized carbons (Fsp3) is 0.222. The molecule has 0 fully saturated rings. The molecule has 1 aliphatic rings. The first kappa shape index (κ1) is 23.2. The van der Waals surface area contributed by atoms with Gasteiger partial charge in [-0.25, -0.2) is 0 Å². The van der Waals surface area contributed by atoms with E-state index in [0.29, 0.717) is 30.5 Å². The Balaban J connectivity index is 1.67. The molecule has 1 amide bonds. The number of alkyl halides is 2. The molecule has 3 aromatic carbocycles. The zero-order valence-electron chi connectivity index (χ0n) is 19.3. The van der Waals surface area contributed by atoms with Gasteiger partial charge in [0.2, 0.25) is 0 Å². The topological polar surface area (TPSA) is 54.6 Å². The van der Waals surface area contributed by atoms with Crippen LogP contribution in [-0.4, -0.2) is 42.3 Å². The van der Waals surface area contributed by atoms with E-state index in [2.05, 4.69) is 4.98 Å². The third-order valence-corrected chi connectivity index (χ3v) is 7.15. The third kappa shape index (κ3) is 4.23. The summed E-state index contributed by atoms with van der Waals surface area (Å²) >= 11 is 0.388. The van der Waals surface area contributed by atoms with E-state index >= 15 is 0 Å². The van der Waals surface area contributed by atoms with Crippen molar-refractivity contribution in [3.05, 3.63) is 89.1 Å². The van der Waals surface area contributed by atoms with Crippen LogP contribution >= 0.6 is 11.8 Å². The van der Waals surface area contributed by atoms with Gasteiger partial charge in [-0.15, -0.1) is 0 Å². The van der Waals surface area contributed by atoms with Crippen LogP contribution in [0, 0.1) is 0 Å². The number of fused-ring (bicyclic) bond motifs is 3. The van der Waals surface area contributed by atoms with Crippen molar-refractivity contribution in [2.45, 2.75) is 23.1 Å². The Bertz CT molecular complexity index is 1390. The summed E-state index contributed by atoms with van der Waals surface area (Å²) in [7, 11) is 3.23. The molecular weight excluding hydrogens is 470 g/mol. The number of ether oxygens (including phenoxy) is 2. The lowest BCUT2D eigenvalue weighted by Crippen LogP contribution is -2.41. The molecule has 0 aliphatic carbocycles. The van der Waals surface area contributed by atoms with Crippen LogP contribution in [0.25, 0.3) is 10.9 Å². The monoisotopic (exact) mass is 494 g/mol. The van der Waals surface area contributed by atoms with Crippen LogP contribution in [0.1, 0.15) is 33.2 Å². The van der Waals surface area contributed by atoms with E-state index in [9.17, 15) is 13.6 Å². The summed E-state index contributed by atoms with van der Waals surface area (Å²) in [5.41, 5.74) is 4.02. The van der Waals surface area contributed by atoms with E-state index in [1.54, 1.807) is 43.4 Å². The largest absolute Gasteiger partial charge is 0.497 e. The van der Waals surface area contributed by atoms with Crippen LogP contribution in [0.4, 0.5) is 8.78 Å². The van der Waals surface area contributed by atoms with Crippen molar-refractivity contribution in [2.75, 3.05) is 20.8 Å². The summed E-state index contributed by atoms with van der Waals surface area (Å²) in [5.74, 6) is -1.52. The van der Waals surface area contributed by atoms with Gasteiger partial charge in [-0.3, -0.25) is 4.79 Å². The highest BCUT2D eigenvalue weighted by Gasteiger charge is 2.37. The highest BCUT2D eigenvalue weighted by atomic mass is 32.2. The lowest BCUT2D eigenvalue weighted by atomic mass is 9.91. The van der Waals surface area contributed by atoms with Crippen molar-refractivity contribution in [1.29, 1.82) is 0 Å². The molecule has 0 spiro atoms. The summed E-state index contributed by atoms with van der Waals surface area (Å²) in [5, 5.41) is 1.04. The van der Waals surface area contributed by atoms with Crippen LogP contribution in [0.3, 0.4) is 0 Å². The first-order chi connectivity index (χ1) is 17.0. The number of methoxy groups -OCH3 is 2. The number of para-hydroxylation sites is 1. The van der Waals surface area contributed by atoms with E-state index in [0.717, 1.165) is 33.5 Å². The highest BCUT2D eigenvalue weighted by molar-refractivity contribution is 7.99. The number of halogens is 2. The number of aromatic nitrogens is 1. The van der Waals surface area contributed by atoms with Gasteiger partial charge in [0.25, 0.3) is 11.7 Å². The van der Waals surface area contributed by atoms with Crippen molar-refractivity contribution in [2.24, 2.45) is 0 Å². The quantitative estimate of drug-likeness (QED) is 0.320. The molecule has 5 nitrogen and oxygen atoms in total. The summed E-state index contributed by atoms with van der Waals surface area (Å²) in [4.78, 5) is 19.4. The standard InChI is InChI=1S/C27H24F2N2O3S/c1-33-16-11-12-21-20(15-16)17-13-14-31(26(32)19-8-4-6-10-23(19)35-27(28)29)25(24(17)30-21)18-7-3-5-9-22(18)34-2/h3-12,15,25,27,30H,13-14H2,1-2H3/t25-/m0/s1. The van der Waals surface area contributed by atoms with Crippen LogP contribution < -0.4 is 9.47 Å². The van der Waals surface area contributed by atoms with Crippen LogP contribution in [0.15, 0.2) is 71.6 Å². The first-order valence-electron chi connectivity index (χ1n) is 11.2. The van der Waals surface area contributed by atoms with Gasteiger partial charge in [-0.2, -0.15) is 8.78 Å². The second-order valence-corrected chi connectivity index (χ2v) is 9.23. The number of carbonyl (C=O) groups is 1.